The minimum atomic E-state index is 0.170. The molecule has 4 aromatic rings. The predicted octanol–water partition coefficient (Wildman–Crippen LogP) is 5.19. The van der Waals surface area contributed by atoms with Crippen LogP contribution in [0.1, 0.15) is 23.5 Å². The van der Waals surface area contributed by atoms with Crippen molar-refractivity contribution in [3.8, 4) is 11.4 Å². The summed E-state index contributed by atoms with van der Waals surface area (Å²) >= 11 is 7.39. The van der Waals surface area contributed by atoms with Crippen LogP contribution in [0.2, 0.25) is 0 Å². The number of thiazole rings is 1. The molecule has 28 heavy (non-hydrogen) atoms. The molecule has 0 bridgehead atoms. The molecule has 0 saturated carbocycles. The molecule has 2 aromatic heterocycles. The number of benzene rings is 2. The zero-order valence-electron chi connectivity index (χ0n) is 16.5. The third-order valence-electron chi connectivity index (χ3n) is 5.00. The van der Waals surface area contributed by atoms with Gasteiger partial charge in [0.1, 0.15) is 5.01 Å². The van der Waals surface area contributed by atoms with Gasteiger partial charge in [0, 0.05) is 12.6 Å². The number of fused-ring (bicyclic) bond motifs is 1. The van der Waals surface area contributed by atoms with Crippen molar-refractivity contribution in [1.82, 2.24) is 24.2 Å². The van der Waals surface area contributed by atoms with Crippen LogP contribution in [0.15, 0.2) is 48.5 Å². The lowest BCUT2D eigenvalue weighted by molar-refractivity contribution is 0.194. The smallest absolute Gasteiger partial charge is 0.199 e. The molecule has 0 fully saturated rings. The summed E-state index contributed by atoms with van der Waals surface area (Å²) in [5, 5.41) is 5.90. The number of hydrogen-bond acceptors (Lipinski definition) is 5. The van der Waals surface area contributed by atoms with Gasteiger partial charge in [-0.05, 0) is 51.3 Å². The highest BCUT2D eigenvalue weighted by Crippen LogP contribution is 2.29. The van der Waals surface area contributed by atoms with E-state index in [2.05, 4.69) is 62.2 Å². The van der Waals surface area contributed by atoms with Crippen LogP contribution in [-0.2, 0) is 13.7 Å². The molecular formula is C21H23N5S2. The number of nitrogens with zero attached hydrogens (tertiary/aromatic N) is 5. The van der Waals surface area contributed by atoms with E-state index in [-0.39, 0.29) is 6.04 Å². The van der Waals surface area contributed by atoms with E-state index in [1.165, 1.54) is 10.3 Å². The largest absolute Gasteiger partial charge is 0.303 e. The Bertz CT molecular complexity index is 1150. The fourth-order valence-electron chi connectivity index (χ4n) is 3.21. The van der Waals surface area contributed by atoms with Crippen molar-refractivity contribution in [3.63, 3.8) is 0 Å². The Hall–Kier alpha value is -2.35. The van der Waals surface area contributed by atoms with Gasteiger partial charge in [-0.3, -0.25) is 4.90 Å². The topological polar surface area (TPSA) is 38.9 Å². The average Bonchev–Trinajstić information content (AvgIpc) is 3.24. The van der Waals surface area contributed by atoms with Crippen molar-refractivity contribution < 1.29 is 0 Å². The second-order valence-electron chi connectivity index (χ2n) is 7.13. The lowest BCUT2D eigenvalue weighted by Gasteiger charge is -2.22. The maximum atomic E-state index is 5.64. The van der Waals surface area contributed by atoms with Crippen molar-refractivity contribution in [2.24, 2.45) is 7.05 Å². The Morgan fingerprint density at radius 3 is 2.71 bits per heavy atom. The first-order chi connectivity index (χ1) is 13.4. The summed E-state index contributed by atoms with van der Waals surface area (Å²) in [5.41, 5.74) is 3.34. The van der Waals surface area contributed by atoms with Crippen LogP contribution in [-0.4, -0.2) is 31.3 Å². The van der Waals surface area contributed by atoms with Gasteiger partial charge in [-0.25, -0.2) is 9.67 Å². The molecule has 0 aliphatic carbocycles. The Labute approximate surface area is 173 Å². The van der Waals surface area contributed by atoms with Gasteiger partial charge in [-0.1, -0.05) is 35.9 Å². The van der Waals surface area contributed by atoms with Gasteiger partial charge < -0.3 is 4.57 Å². The first-order valence-corrected chi connectivity index (χ1v) is 10.4. The molecule has 2 aromatic carbocycles. The third-order valence-corrected chi connectivity index (χ3v) is 6.69. The number of aryl methyl sites for hydroxylation is 1. The van der Waals surface area contributed by atoms with Crippen LogP contribution in [0.3, 0.4) is 0 Å². The van der Waals surface area contributed by atoms with Crippen molar-refractivity contribution in [2.75, 3.05) is 7.05 Å². The summed E-state index contributed by atoms with van der Waals surface area (Å²) in [6, 6.07) is 16.8. The summed E-state index contributed by atoms with van der Waals surface area (Å²) in [5.74, 6) is 0.884. The summed E-state index contributed by atoms with van der Waals surface area (Å²) in [4.78, 5) is 7.02. The molecular weight excluding hydrogens is 386 g/mol. The normalized spacial score (nSPS) is 12.8. The number of aromatic nitrogens is 4. The monoisotopic (exact) mass is 409 g/mol. The average molecular weight is 410 g/mol. The molecule has 0 spiro atoms. The molecule has 1 atom stereocenters. The van der Waals surface area contributed by atoms with Crippen LogP contribution in [0.25, 0.3) is 21.6 Å². The summed E-state index contributed by atoms with van der Waals surface area (Å²) < 4.78 is 5.78. The lowest BCUT2D eigenvalue weighted by atomic mass is 10.1. The molecule has 4 rings (SSSR count). The number of rotatable bonds is 5. The number of hydrogen-bond donors (Lipinski definition) is 0. The second-order valence-corrected chi connectivity index (χ2v) is 8.56. The standard InChI is InChI=1S/C21H23N5S2/c1-14-8-7-9-16(12-14)19-23-26(21(27)25(19)4)13-24(3)15(2)20-22-17-10-5-6-11-18(17)28-20/h5-12,15H,13H2,1-4H3/t15-/m1/s1. The second kappa shape index (κ2) is 7.58. The highest BCUT2D eigenvalue weighted by molar-refractivity contribution is 7.71. The zero-order chi connectivity index (χ0) is 19.8. The van der Waals surface area contributed by atoms with Crippen LogP contribution in [0.5, 0.6) is 0 Å². The maximum Gasteiger partial charge on any atom is 0.199 e. The van der Waals surface area contributed by atoms with Crippen molar-refractivity contribution >= 4 is 33.8 Å². The SMILES string of the molecule is Cc1cccc(-c2nn(CN(C)[C@H](C)c3nc4ccccc4s3)c(=S)n2C)c1. The first kappa shape index (κ1) is 19.0. The Morgan fingerprint density at radius 2 is 1.96 bits per heavy atom. The van der Waals surface area contributed by atoms with Gasteiger partial charge >= 0.3 is 0 Å². The highest BCUT2D eigenvalue weighted by atomic mass is 32.1. The van der Waals surface area contributed by atoms with E-state index < -0.39 is 0 Å². The Balaban J connectivity index is 1.60. The molecule has 0 radical (unpaired) electrons. The molecule has 5 nitrogen and oxygen atoms in total. The van der Waals surface area contributed by atoms with E-state index in [1.807, 2.05) is 28.4 Å². The lowest BCUT2D eigenvalue weighted by Crippen LogP contribution is -2.26. The molecule has 0 aliphatic heterocycles. The van der Waals surface area contributed by atoms with E-state index in [9.17, 15) is 0 Å². The summed E-state index contributed by atoms with van der Waals surface area (Å²) in [7, 11) is 4.06. The first-order valence-electron chi connectivity index (χ1n) is 9.20. The van der Waals surface area contributed by atoms with E-state index in [0.29, 0.717) is 11.4 Å². The third kappa shape index (κ3) is 3.53. The van der Waals surface area contributed by atoms with Crippen molar-refractivity contribution in [2.45, 2.75) is 26.6 Å². The molecule has 0 N–H and O–H groups in total. The number of para-hydroxylation sites is 1. The van der Waals surface area contributed by atoms with Crippen LogP contribution in [0, 0.1) is 11.7 Å². The van der Waals surface area contributed by atoms with Crippen LogP contribution >= 0.6 is 23.6 Å². The Kier molecular flexibility index (Phi) is 5.14. The summed E-state index contributed by atoms with van der Waals surface area (Å²) in [6.07, 6.45) is 0. The van der Waals surface area contributed by atoms with Crippen LogP contribution in [0.4, 0.5) is 0 Å². The predicted molar refractivity (Wildman–Crippen MR) is 118 cm³/mol. The zero-order valence-corrected chi connectivity index (χ0v) is 18.1. The van der Waals surface area contributed by atoms with E-state index in [0.717, 1.165) is 21.9 Å². The minimum absolute atomic E-state index is 0.170. The van der Waals surface area contributed by atoms with Crippen molar-refractivity contribution in [3.05, 3.63) is 63.9 Å². The molecule has 0 saturated heterocycles. The quantitative estimate of drug-likeness (QED) is 0.425. The molecule has 7 heteroatoms. The fraction of sp³-hybridized carbons (Fsp3) is 0.286. The highest BCUT2D eigenvalue weighted by Gasteiger charge is 2.18. The van der Waals surface area contributed by atoms with Crippen molar-refractivity contribution in [1.29, 1.82) is 0 Å². The Morgan fingerprint density at radius 1 is 1.18 bits per heavy atom. The van der Waals surface area contributed by atoms with Gasteiger partial charge in [0.25, 0.3) is 0 Å². The van der Waals surface area contributed by atoms with Gasteiger partial charge in [-0.15, -0.1) is 11.3 Å². The fourth-order valence-corrected chi connectivity index (χ4v) is 4.48. The molecule has 0 amide bonds. The van der Waals surface area contributed by atoms with Crippen LogP contribution < -0.4 is 0 Å². The van der Waals surface area contributed by atoms with Gasteiger partial charge in [0.15, 0.2) is 10.6 Å². The maximum absolute atomic E-state index is 5.64. The molecule has 0 unspecified atom stereocenters. The summed E-state index contributed by atoms with van der Waals surface area (Å²) in [6.45, 7) is 4.86. The molecule has 0 aliphatic rings. The van der Waals surface area contributed by atoms with Gasteiger partial charge in [-0.2, -0.15) is 5.10 Å². The van der Waals surface area contributed by atoms with E-state index >= 15 is 0 Å². The molecule has 144 valence electrons. The minimum Gasteiger partial charge on any atom is -0.303 e. The van der Waals surface area contributed by atoms with E-state index in [1.54, 1.807) is 11.3 Å². The van der Waals surface area contributed by atoms with Gasteiger partial charge in [0.05, 0.1) is 22.9 Å². The molecule has 2 heterocycles. The van der Waals surface area contributed by atoms with E-state index in [4.69, 9.17) is 22.3 Å². The van der Waals surface area contributed by atoms with Gasteiger partial charge in [0.2, 0.25) is 0 Å².